The molecule has 0 spiro atoms. The molecule has 2 aromatic carbocycles. The van der Waals surface area contributed by atoms with Gasteiger partial charge in [0.2, 0.25) is 5.43 Å². The maximum absolute atomic E-state index is 11.9. The maximum Gasteiger partial charge on any atom is 0.207 e. The van der Waals surface area contributed by atoms with E-state index in [1.807, 2.05) is 28.9 Å². The van der Waals surface area contributed by atoms with Crippen LogP contribution in [0.3, 0.4) is 0 Å². The first-order chi connectivity index (χ1) is 11.5. The third-order valence-electron chi connectivity index (χ3n) is 4.33. The predicted molar refractivity (Wildman–Crippen MR) is 97.1 cm³/mol. The number of hydrogen-bond donors (Lipinski definition) is 1. The van der Waals surface area contributed by atoms with E-state index in [1.165, 1.54) is 22.2 Å². The number of aromatic nitrogens is 2. The molecule has 0 radical (unpaired) electrons. The molecule has 0 fully saturated rings. The average Bonchev–Trinajstić information content (AvgIpc) is 2.58. The molecule has 1 N–H and O–H groups in total. The Hall–Kier alpha value is -2.46. The molecule has 0 amide bonds. The minimum atomic E-state index is -0.0243. The summed E-state index contributed by atoms with van der Waals surface area (Å²) < 4.78 is 1.91. The van der Waals surface area contributed by atoms with Crippen LogP contribution in [0.1, 0.15) is 30.9 Å². The van der Waals surface area contributed by atoms with E-state index in [1.54, 1.807) is 0 Å². The van der Waals surface area contributed by atoms with Crippen LogP contribution in [-0.4, -0.2) is 16.8 Å². The number of nitrogens with one attached hydrogen (secondary N) is 1. The van der Waals surface area contributed by atoms with Gasteiger partial charge in [-0.05, 0) is 23.6 Å². The Morgan fingerprint density at radius 2 is 1.79 bits per heavy atom. The molecule has 1 unspecified atom stereocenters. The lowest BCUT2D eigenvalue weighted by atomic mass is 10.0. The van der Waals surface area contributed by atoms with Crippen LogP contribution < -0.4 is 10.3 Å². The van der Waals surface area contributed by atoms with E-state index in [2.05, 4.69) is 50.3 Å². The standard InChI is InChI=1S/C20H23N3O/c1-15(2)17-10-8-16(9-11-17)13-22(3)14-23-19-7-5-4-6-18(19)20(24)12-21-23/h4-12,15H,13-14H2,1-3H3/p+1. The van der Waals surface area contributed by atoms with Crippen LogP contribution in [0.2, 0.25) is 0 Å². The molecule has 0 bridgehead atoms. The fourth-order valence-corrected chi connectivity index (χ4v) is 2.97. The van der Waals surface area contributed by atoms with Gasteiger partial charge in [0.15, 0.2) is 6.67 Å². The first-order valence-electron chi connectivity index (χ1n) is 8.39. The molecule has 0 aliphatic rings. The van der Waals surface area contributed by atoms with Gasteiger partial charge in [-0.15, -0.1) is 0 Å². The van der Waals surface area contributed by atoms with Crippen molar-refractivity contribution in [3.05, 3.63) is 76.1 Å². The lowest BCUT2D eigenvalue weighted by Crippen LogP contribution is -3.07. The summed E-state index contributed by atoms with van der Waals surface area (Å²) in [5.74, 6) is 0.556. The second-order valence-corrected chi connectivity index (χ2v) is 6.71. The first-order valence-corrected chi connectivity index (χ1v) is 8.39. The normalized spacial score (nSPS) is 12.7. The van der Waals surface area contributed by atoms with Crippen LogP contribution in [0, 0.1) is 0 Å². The maximum atomic E-state index is 11.9. The fourth-order valence-electron chi connectivity index (χ4n) is 2.97. The van der Waals surface area contributed by atoms with Gasteiger partial charge in [-0.1, -0.05) is 50.2 Å². The minimum absolute atomic E-state index is 0.0243. The van der Waals surface area contributed by atoms with Crippen molar-refractivity contribution in [2.24, 2.45) is 0 Å². The van der Waals surface area contributed by atoms with Gasteiger partial charge in [0.05, 0.1) is 18.8 Å². The molecule has 1 heterocycles. The summed E-state index contributed by atoms with van der Waals surface area (Å²) >= 11 is 0. The molecular formula is C20H24N3O+. The highest BCUT2D eigenvalue weighted by atomic mass is 16.1. The summed E-state index contributed by atoms with van der Waals surface area (Å²) in [4.78, 5) is 13.2. The Morgan fingerprint density at radius 1 is 1.08 bits per heavy atom. The monoisotopic (exact) mass is 322 g/mol. The van der Waals surface area contributed by atoms with Crippen molar-refractivity contribution < 1.29 is 4.90 Å². The van der Waals surface area contributed by atoms with Crippen molar-refractivity contribution in [1.29, 1.82) is 0 Å². The van der Waals surface area contributed by atoms with Crippen molar-refractivity contribution in [1.82, 2.24) is 9.78 Å². The molecule has 124 valence electrons. The molecule has 0 saturated heterocycles. The largest absolute Gasteiger partial charge is 0.315 e. The van der Waals surface area contributed by atoms with E-state index >= 15 is 0 Å². The van der Waals surface area contributed by atoms with Gasteiger partial charge in [-0.25, -0.2) is 4.68 Å². The van der Waals surface area contributed by atoms with Crippen LogP contribution in [0.5, 0.6) is 0 Å². The molecule has 0 aliphatic heterocycles. The summed E-state index contributed by atoms with van der Waals surface area (Å²) in [5, 5.41) is 5.03. The van der Waals surface area contributed by atoms with Crippen LogP contribution >= 0.6 is 0 Å². The molecule has 4 nitrogen and oxygen atoms in total. The minimum Gasteiger partial charge on any atom is -0.315 e. The van der Waals surface area contributed by atoms with Crippen LogP contribution in [-0.2, 0) is 13.2 Å². The smallest absolute Gasteiger partial charge is 0.207 e. The third-order valence-corrected chi connectivity index (χ3v) is 4.33. The number of rotatable bonds is 5. The molecular weight excluding hydrogens is 298 g/mol. The highest BCUT2D eigenvalue weighted by Crippen LogP contribution is 2.14. The van der Waals surface area contributed by atoms with Crippen molar-refractivity contribution in [2.45, 2.75) is 33.0 Å². The topological polar surface area (TPSA) is 39.3 Å². The van der Waals surface area contributed by atoms with Crippen molar-refractivity contribution in [2.75, 3.05) is 7.05 Å². The number of benzene rings is 2. The van der Waals surface area contributed by atoms with Gasteiger partial charge < -0.3 is 4.90 Å². The fraction of sp³-hybridized carbons (Fsp3) is 0.300. The van der Waals surface area contributed by atoms with Gasteiger partial charge >= 0.3 is 0 Å². The van der Waals surface area contributed by atoms with E-state index in [4.69, 9.17) is 0 Å². The summed E-state index contributed by atoms with van der Waals surface area (Å²) in [6, 6.07) is 16.5. The van der Waals surface area contributed by atoms with Gasteiger partial charge in [0.1, 0.15) is 6.54 Å². The van der Waals surface area contributed by atoms with Gasteiger partial charge in [-0.3, -0.25) is 4.79 Å². The summed E-state index contributed by atoms with van der Waals surface area (Å²) in [6.45, 7) is 6.05. The number of nitrogens with zero attached hydrogens (tertiary/aromatic N) is 2. The summed E-state index contributed by atoms with van der Waals surface area (Å²) in [7, 11) is 2.14. The molecule has 24 heavy (non-hydrogen) atoms. The molecule has 1 atom stereocenters. The van der Waals surface area contributed by atoms with E-state index in [-0.39, 0.29) is 5.43 Å². The van der Waals surface area contributed by atoms with Crippen LogP contribution in [0.15, 0.2) is 59.5 Å². The van der Waals surface area contributed by atoms with Crippen molar-refractivity contribution >= 4 is 10.9 Å². The zero-order chi connectivity index (χ0) is 17.1. The molecule has 3 rings (SSSR count). The molecule has 0 aliphatic carbocycles. The predicted octanol–water partition coefficient (Wildman–Crippen LogP) is 2.19. The van der Waals surface area contributed by atoms with Crippen LogP contribution in [0.4, 0.5) is 0 Å². The zero-order valence-electron chi connectivity index (χ0n) is 14.5. The van der Waals surface area contributed by atoms with Crippen molar-refractivity contribution in [3.63, 3.8) is 0 Å². The SMILES string of the molecule is CC(C)c1ccc(C[NH+](C)Cn2ncc(=O)c3ccccc32)cc1. The Balaban J connectivity index is 1.77. The first kappa shape index (κ1) is 16.4. The number of para-hydroxylation sites is 1. The average molecular weight is 322 g/mol. The number of fused-ring (bicyclic) bond motifs is 1. The van der Waals surface area contributed by atoms with Gasteiger partial charge in [0, 0.05) is 10.9 Å². The zero-order valence-corrected chi connectivity index (χ0v) is 14.5. The Morgan fingerprint density at radius 3 is 2.50 bits per heavy atom. The van der Waals surface area contributed by atoms with E-state index in [0.29, 0.717) is 12.6 Å². The highest BCUT2D eigenvalue weighted by Gasteiger charge is 2.09. The van der Waals surface area contributed by atoms with E-state index in [0.717, 1.165) is 17.4 Å². The Labute approximate surface area is 142 Å². The van der Waals surface area contributed by atoms with E-state index < -0.39 is 0 Å². The number of quaternary nitrogens is 1. The second-order valence-electron chi connectivity index (χ2n) is 6.71. The molecule has 4 heteroatoms. The lowest BCUT2D eigenvalue weighted by molar-refractivity contribution is -0.917. The quantitative estimate of drug-likeness (QED) is 0.782. The Kier molecular flexibility index (Phi) is 4.76. The summed E-state index contributed by atoms with van der Waals surface area (Å²) in [5.41, 5.74) is 3.54. The van der Waals surface area contributed by atoms with E-state index in [9.17, 15) is 4.79 Å². The van der Waals surface area contributed by atoms with Crippen LogP contribution in [0.25, 0.3) is 10.9 Å². The highest BCUT2D eigenvalue weighted by molar-refractivity contribution is 5.77. The summed E-state index contributed by atoms with van der Waals surface area (Å²) in [6.07, 6.45) is 1.41. The third kappa shape index (κ3) is 3.54. The van der Waals surface area contributed by atoms with Gasteiger partial charge in [0.25, 0.3) is 0 Å². The van der Waals surface area contributed by atoms with Crippen molar-refractivity contribution in [3.8, 4) is 0 Å². The lowest BCUT2D eigenvalue weighted by Gasteiger charge is -2.17. The second kappa shape index (κ2) is 6.97. The Bertz CT molecular complexity index is 881. The molecule has 1 aromatic heterocycles. The molecule has 0 saturated carbocycles. The van der Waals surface area contributed by atoms with Gasteiger partial charge in [-0.2, -0.15) is 5.10 Å². The molecule has 3 aromatic rings. The number of hydrogen-bond acceptors (Lipinski definition) is 2.